The van der Waals surface area contributed by atoms with Crippen LogP contribution in [-0.4, -0.2) is 19.1 Å². The Morgan fingerprint density at radius 3 is 2.04 bits per heavy atom. The minimum atomic E-state index is -1.67. The van der Waals surface area contributed by atoms with Gasteiger partial charge in [0.15, 0.2) is 0 Å². The van der Waals surface area contributed by atoms with Gasteiger partial charge in [-0.15, -0.1) is 41.3 Å². The van der Waals surface area contributed by atoms with Crippen LogP contribution in [0, 0.1) is 12.1 Å². The number of hydrogen-bond donors (Lipinski definition) is 0. The zero-order valence-electron chi connectivity index (χ0n) is 34.6. The third kappa shape index (κ3) is 6.01. The molecule has 0 amide bonds. The molecule has 0 aliphatic heterocycles. The Morgan fingerprint density at radius 2 is 1.31 bits per heavy atom. The van der Waals surface area contributed by atoms with Crippen molar-refractivity contribution in [2.45, 2.75) is 52.8 Å². The first-order chi connectivity index (χ1) is 27.2. The fourth-order valence-electron chi connectivity index (χ4n) is 7.44. The Balaban J connectivity index is 0.00000469. The first-order valence-corrected chi connectivity index (χ1v) is 17.8. The molecule has 0 N–H and O–H groups in total. The maximum atomic E-state index is 8.83. The Bertz CT molecular complexity index is 2950. The van der Waals surface area contributed by atoms with E-state index in [1.807, 2.05) is 108 Å². The van der Waals surface area contributed by atoms with Crippen molar-refractivity contribution in [1.29, 1.82) is 0 Å². The largest absolute Gasteiger partial charge is 2.00 e. The number of hydrogen-bond acceptors (Lipinski definition) is 3. The molecule has 54 heavy (non-hydrogen) atoms. The quantitative estimate of drug-likeness (QED) is 0.150. The average molecular weight is 888 g/mol. The molecule has 4 aromatic heterocycles. The normalized spacial score (nSPS) is 13.4. The molecular formula is C48H40N4OPt. The van der Waals surface area contributed by atoms with Gasteiger partial charge in [0.05, 0.1) is 16.7 Å². The molecule has 0 saturated heterocycles. The van der Waals surface area contributed by atoms with Crippen LogP contribution in [0.5, 0.6) is 11.5 Å². The molecule has 6 heteroatoms. The first kappa shape index (κ1) is 30.9. The fourth-order valence-corrected chi connectivity index (χ4v) is 7.44. The second kappa shape index (κ2) is 14.0. The third-order valence-electron chi connectivity index (χ3n) is 10.0. The summed E-state index contributed by atoms with van der Waals surface area (Å²) in [5.74, 6) is 1.67. The van der Waals surface area contributed by atoms with Crippen LogP contribution in [0.2, 0.25) is 0 Å². The second-order valence-electron chi connectivity index (χ2n) is 14.3. The van der Waals surface area contributed by atoms with Crippen LogP contribution in [-0.2, 0) is 39.2 Å². The Hall–Kier alpha value is -5.51. The van der Waals surface area contributed by atoms with Gasteiger partial charge in [-0.3, -0.25) is 0 Å². The van der Waals surface area contributed by atoms with Crippen LogP contribution in [0.15, 0.2) is 128 Å². The van der Waals surface area contributed by atoms with Gasteiger partial charge in [-0.1, -0.05) is 107 Å². The van der Waals surface area contributed by atoms with Crippen molar-refractivity contribution in [3.05, 3.63) is 156 Å². The summed E-state index contributed by atoms with van der Waals surface area (Å²) in [6.45, 7) is 9.67. The molecule has 0 aliphatic carbocycles. The van der Waals surface area contributed by atoms with E-state index >= 15 is 0 Å². The number of ether oxygens (including phenoxy) is 1. The Morgan fingerprint density at radius 1 is 0.648 bits per heavy atom. The van der Waals surface area contributed by atoms with Gasteiger partial charge >= 0.3 is 21.1 Å². The van der Waals surface area contributed by atoms with E-state index in [0.717, 1.165) is 49.5 Å². The van der Waals surface area contributed by atoms with E-state index in [4.69, 9.17) is 15.2 Å². The smallest absolute Gasteiger partial charge is 0.503 e. The number of para-hydroxylation sites is 3. The Kier molecular flexibility index (Phi) is 8.04. The van der Waals surface area contributed by atoms with E-state index in [1.54, 1.807) is 20.0 Å². The summed E-state index contributed by atoms with van der Waals surface area (Å²) < 4.78 is 45.8. The average Bonchev–Trinajstić information content (AvgIpc) is 3.70. The van der Waals surface area contributed by atoms with Crippen molar-refractivity contribution in [1.82, 2.24) is 19.1 Å². The minimum Gasteiger partial charge on any atom is -0.503 e. The number of aromatic nitrogens is 4. The minimum absolute atomic E-state index is 0. The van der Waals surface area contributed by atoms with Gasteiger partial charge in [0.2, 0.25) is 0 Å². The Labute approximate surface area is 336 Å². The molecule has 268 valence electrons. The predicted octanol–water partition coefficient (Wildman–Crippen LogP) is 12.2. The first-order valence-electron chi connectivity index (χ1n) is 19.8. The van der Waals surface area contributed by atoms with E-state index in [-0.39, 0.29) is 26.5 Å². The van der Waals surface area contributed by atoms with Crippen LogP contribution < -0.4 is 4.74 Å². The summed E-state index contributed by atoms with van der Waals surface area (Å²) in [7, 11) is 0. The van der Waals surface area contributed by atoms with Crippen LogP contribution in [0.25, 0.3) is 66.4 Å². The summed E-state index contributed by atoms with van der Waals surface area (Å²) in [5.41, 5.74) is 7.67. The van der Waals surface area contributed by atoms with Crippen molar-refractivity contribution in [2.24, 2.45) is 0 Å². The van der Waals surface area contributed by atoms with Crippen LogP contribution in [0.1, 0.15) is 56.8 Å². The number of nitrogens with zero attached hydrogens (tertiary/aromatic N) is 4. The fraction of sp³-hybridized carbons (Fsp3) is 0.167. The molecule has 0 saturated carbocycles. The molecule has 9 aromatic rings. The van der Waals surface area contributed by atoms with E-state index in [1.165, 1.54) is 5.56 Å². The maximum Gasteiger partial charge on any atom is 2.00 e. The van der Waals surface area contributed by atoms with Gasteiger partial charge in [0.25, 0.3) is 0 Å². The summed E-state index contributed by atoms with van der Waals surface area (Å²) in [4.78, 5) is 9.54. The van der Waals surface area contributed by atoms with Gasteiger partial charge in [-0.25, -0.2) is 4.98 Å². The van der Waals surface area contributed by atoms with Gasteiger partial charge in [0.1, 0.15) is 5.82 Å². The van der Waals surface area contributed by atoms with Crippen molar-refractivity contribution in [3.63, 3.8) is 0 Å². The van der Waals surface area contributed by atoms with Crippen LogP contribution in [0.3, 0.4) is 0 Å². The standard InChI is InChI=1S/C48H40N4O.Pt/c1-6-31-13-11-18-40-41-19-12-14-32(7-2)47(41)51(46(31)40)35-24-26-50-45(29-35)52-43-20-9-8-17-38(43)39-22-21-37(30-44(39)52)53-36-16-10-15-33(27-36)42-28-34(23-25-49-42)48(3,4)5;/h8-26,28-29H,6-7H2,1-5H3;/q-2;+2/i6D2,7D2;. The van der Waals surface area contributed by atoms with Crippen molar-refractivity contribution < 1.29 is 31.3 Å². The summed E-state index contributed by atoms with van der Waals surface area (Å²) in [5, 5.41) is 3.71. The van der Waals surface area contributed by atoms with Crippen molar-refractivity contribution in [3.8, 4) is 34.3 Å². The molecule has 0 atom stereocenters. The maximum absolute atomic E-state index is 8.83. The second-order valence-corrected chi connectivity index (χ2v) is 14.3. The van der Waals surface area contributed by atoms with Gasteiger partial charge < -0.3 is 18.9 Å². The molecule has 0 aliphatic rings. The molecule has 5 nitrogen and oxygen atoms in total. The summed E-state index contributed by atoms with van der Waals surface area (Å²) in [6.07, 6.45) is 0.243. The molecule has 0 fully saturated rings. The molecule has 0 unspecified atom stereocenters. The van der Waals surface area contributed by atoms with Crippen molar-refractivity contribution in [2.75, 3.05) is 0 Å². The summed E-state index contributed by atoms with van der Waals surface area (Å²) >= 11 is 0. The van der Waals surface area contributed by atoms with Crippen LogP contribution >= 0.6 is 0 Å². The number of fused-ring (bicyclic) bond motifs is 6. The zero-order valence-corrected chi connectivity index (χ0v) is 32.9. The molecule has 0 spiro atoms. The van der Waals surface area contributed by atoms with E-state index in [9.17, 15) is 0 Å². The van der Waals surface area contributed by atoms with Crippen LogP contribution in [0.4, 0.5) is 0 Å². The van der Waals surface area contributed by atoms with Crippen molar-refractivity contribution >= 4 is 43.6 Å². The predicted molar refractivity (Wildman–Crippen MR) is 218 cm³/mol. The van der Waals surface area contributed by atoms with Gasteiger partial charge in [0, 0.05) is 51.7 Å². The summed E-state index contributed by atoms with van der Waals surface area (Å²) in [6, 6.07) is 44.2. The monoisotopic (exact) mass is 887 g/mol. The zero-order chi connectivity index (χ0) is 39.9. The topological polar surface area (TPSA) is 44.9 Å². The molecule has 5 aromatic carbocycles. The molecule has 0 radical (unpaired) electrons. The van der Waals surface area contributed by atoms with Gasteiger partial charge in [-0.05, 0) is 64.1 Å². The number of pyridine rings is 2. The number of aryl methyl sites for hydroxylation is 2. The third-order valence-corrected chi connectivity index (χ3v) is 10.0. The van der Waals surface area contributed by atoms with Gasteiger partial charge in [-0.2, -0.15) is 6.07 Å². The molecule has 9 rings (SSSR count). The number of rotatable bonds is 7. The van der Waals surface area contributed by atoms with E-state index < -0.39 is 12.7 Å². The SMILES string of the molecule is [2H]C([2H])(C)c1cccc2c3cccc(C([2H])([2H])C)c3n(-c3ccnc(-n4c5[c-]c(Oc6[c-]c(-c7cc(C(C)(C)C)ccn7)ccc6)ccc5c5ccccc54)c3)c12.[Pt+2]. The molecular weight excluding hydrogens is 844 g/mol. The number of benzene rings is 5. The van der Waals surface area contributed by atoms with E-state index in [0.29, 0.717) is 39.5 Å². The molecule has 0 bridgehead atoms. The molecule has 4 heterocycles. The van der Waals surface area contributed by atoms with E-state index in [2.05, 4.69) is 60.7 Å².